The molecule has 0 saturated carbocycles. The molecule has 0 radical (unpaired) electrons. The predicted molar refractivity (Wildman–Crippen MR) is 73.2 cm³/mol. The maximum absolute atomic E-state index is 12.0. The molecule has 0 saturated heterocycles. The van der Waals surface area contributed by atoms with Crippen molar-refractivity contribution in [2.24, 2.45) is 7.05 Å². The molecule has 2 aromatic rings. The van der Waals surface area contributed by atoms with Gasteiger partial charge in [0.05, 0.1) is 11.8 Å². The van der Waals surface area contributed by atoms with E-state index < -0.39 is 16.0 Å². The minimum atomic E-state index is -3.71. The Bertz CT molecular complexity index is 746. The van der Waals surface area contributed by atoms with Crippen LogP contribution in [0.25, 0.3) is 0 Å². The highest BCUT2D eigenvalue weighted by atomic mass is 32.2. The molecule has 2 rings (SSSR count). The summed E-state index contributed by atoms with van der Waals surface area (Å²) in [6.45, 7) is 1.95. The van der Waals surface area contributed by atoms with Crippen molar-refractivity contribution >= 4 is 27.3 Å². The topological polar surface area (TPSA) is 101 Å². The molecule has 0 aliphatic carbocycles. The van der Waals surface area contributed by atoms with E-state index in [1.165, 1.54) is 5.38 Å². The largest absolute Gasteiger partial charge is 0.478 e. The summed E-state index contributed by atoms with van der Waals surface area (Å²) in [4.78, 5) is 10.7. The molecule has 0 amide bonds. The zero-order valence-corrected chi connectivity index (χ0v) is 12.5. The van der Waals surface area contributed by atoms with Crippen molar-refractivity contribution in [1.29, 1.82) is 0 Å². The number of nitrogens with zero attached hydrogens (tertiary/aromatic N) is 2. The third kappa shape index (κ3) is 2.89. The molecule has 0 atom stereocenters. The summed E-state index contributed by atoms with van der Waals surface area (Å²) in [6, 6.07) is 1.14. The lowest BCUT2D eigenvalue weighted by Gasteiger charge is -2.04. The Kier molecular flexibility index (Phi) is 3.93. The first-order valence-corrected chi connectivity index (χ1v) is 7.96. The number of carbonyl (C=O) groups is 1. The van der Waals surface area contributed by atoms with Gasteiger partial charge >= 0.3 is 5.97 Å². The molecular weight excluding hydrogens is 302 g/mol. The van der Waals surface area contributed by atoms with Crippen LogP contribution in [-0.4, -0.2) is 29.3 Å². The number of aryl methyl sites for hydroxylation is 1. The zero-order chi connectivity index (χ0) is 14.9. The van der Waals surface area contributed by atoms with Crippen LogP contribution in [0.15, 0.2) is 21.9 Å². The van der Waals surface area contributed by atoms with Crippen molar-refractivity contribution in [1.82, 2.24) is 14.5 Å². The van der Waals surface area contributed by atoms with Crippen LogP contribution >= 0.6 is 11.3 Å². The Morgan fingerprint density at radius 3 is 2.75 bits per heavy atom. The lowest BCUT2D eigenvalue weighted by Crippen LogP contribution is -2.22. The average molecular weight is 315 g/mol. The lowest BCUT2D eigenvalue weighted by atomic mass is 10.3. The molecule has 0 fully saturated rings. The first-order valence-electron chi connectivity index (χ1n) is 5.60. The van der Waals surface area contributed by atoms with Crippen molar-refractivity contribution in [2.75, 3.05) is 0 Å². The van der Waals surface area contributed by atoms with Crippen molar-refractivity contribution in [2.45, 2.75) is 17.7 Å². The second-order valence-corrected chi connectivity index (χ2v) is 7.07. The standard InChI is InChI=1S/C11H13N3O4S2/c1-7-9(4-12-14(7)2)5-13-20(17,18)10-3-8(6-19-10)11(15)16/h3-4,6,13H,5H2,1-2H3,(H,15,16). The second kappa shape index (κ2) is 5.35. The van der Waals surface area contributed by atoms with Crippen molar-refractivity contribution in [3.8, 4) is 0 Å². The van der Waals surface area contributed by atoms with Crippen LogP contribution in [0.4, 0.5) is 0 Å². The van der Waals surface area contributed by atoms with E-state index in [1.807, 2.05) is 6.92 Å². The summed E-state index contributed by atoms with van der Waals surface area (Å²) in [5, 5.41) is 14.1. The third-order valence-corrected chi connectivity index (χ3v) is 5.72. The van der Waals surface area contributed by atoms with Gasteiger partial charge < -0.3 is 5.11 Å². The van der Waals surface area contributed by atoms with Crippen LogP contribution in [0.5, 0.6) is 0 Å². The van der Waals surface area contributed by atoms with Crippen LogP contribution in [0.3, 0.4) is 0 Å². The summed E-state index contributed by atoms with van der Waals surface area (Å²) in [5.41, 5.74) is 1.60. The van der Waals surface area contributed by atoms with E-state index in [2.05, 4.69) is 9.82 Å². The first-order chi connectivity index (χ1) is 9.31. The number of nitrogens with one attached hydrogen (secondary N) is 1. The Labute approximate surface area is 119 Å². The van der Waals surface area contributed by atoms with E-state index in [4.69, 9.17) is 5.11 Å². The molecule has 0 aliphatic rings. The van der Waals surface area contributed by atoms with Crippen molar-refractivity contribution in [3.63, 3.8) is 0 Å². The molecule has 0 aromatic carbocycles. The van der Waals surface area contributed by atoms with Crippen LogP contribution in [0, 0.1) is 6.92 Å². The first kappa shape index (κ1) is 14.7. The average Bonchev–Trinajstić information content (AvgIpc) is 2.97. The van der Waals surface area contributed by atoms with Crippen LogP contribution in [0.1, 0.15) is 21.6 Å². The molecule has 2 N–H and O–H groups in total. The highest BCUT2D eigenvalue weighted by molar-refractivity contribution is 7.91. The van der Waals surface area contributed by atoms with E-state index in [9.17, 15) is 13.2 Å². The molecular formula is C11H13N3O4S2. The van der Waals surface area contributed by atoms with Gasteiger partial charge in [0.25, 0.3) is 0 Å². The Balaban J connectivity index is 2.15. The number of carboxylic acids is 1. The quantitative estimate of drug-likeness (QED) is 0.856. The van der Waals surface area contributed by atoms with Crippen LogP contribution in [-0.2, 0) is 23.6 Å². The van der Waals surface area contributed by atoms with Gasteiger partial charge in [-0.3, -0.25) is 4.68 Å². The third-order valence-electron chi connectivity index (χ3n) is 2.88. The molecule has 108 valence electrons. The van der Waals surface area contributed by atoms with Gasteiger partial charge in [0.1, 0.15) is 4.21 Å². The van der Waals surface area contributed by atoms with Gasteiger partial charge in [0, 0.05) is 30.2 Å². The van der Waals surface area contributed by atoms with Gasteiger partial charge in [-0.05, 0) is 13.0 Å². The smallest absolute Gasteiger partial charge is 0.336 e. The van der Waals surface area contributed by atoms with Crippen LogP contribution in [0.2, 0.25) is 0 Å². The minimum absolute atomic E-state index is 0.0172. The fourth-order valence-electron chi connectivity index (χ4n) is 1.53. The number of aromatic carboxylic acids is 1. The van der Waals surface area contributed by atoms with Gasteiger partial charge in [-0.25, -0.2) is 17.9 Å². The molecule has 2 heterocycles. The van der Waals surface area contributed by atoms with Gasteiger partial charge in [0.15, 0.2) is 0 Å². The van der Waals surface area contributed by atoms with Gasteiger partial charge in [-0.2, -0.15) is 5.10 Å². The fraction of sp³-hybridized carbons (Fsp3) is 0.273. The summed E-state index contributed by atoms with van der Waals surface area (Å²) in [6.07, 6.45) is 1.59. The van der Waals surface area contributed by atoms with Gasteiger partial charge in [-0.1, -0.05) is 0 Å². The van der Waals surface area contributed by atoms with E-state index in [0.29, 0.717) is 0 Å². The van der Waals surface area contributed by atoms with Gasteiger partial charge in [0.2, 0.25) is 10.0 Å². The monoisotopic (exact) mass is 315 g/mol. The molecule has 7 nitrogen and oxygen atoms in total. The predicted octanol–water partition coefficient (Wildman–Crippen LogP) is 0.967. The summed E-state index contributed by atoms with van der Waals surface area (Å²) < 4.78 is 28.1. The summed E-state index contributed by atoms with van der Waals surface area (Å²) in [7, 11) is -1.94. The second-order valence-electron chi connectivity index (χ2n) is 4.16. The lowest BCUT2D eigenvalue weighted by molar-refractivity contribution is 0.0697. The van der Waals surface area contributed by atoms with Crippen LogP contribution < -0.4 is 4.72 Å². The maximum Gasteiger partial charge on any atom is 0.336 e. The SMILES string of the molecule is Cc1c(CNS(=O)(=O)c2cc(C(=O)O)cs2)cnn1C. The van der Waals surface area contributed by atoms with Crippen molar-refractivity contribution < 1.29 is 18.3 Å². The number of rotatable bonds is 5. The minimum Gasteiger partial charge on any atom is -0.478 e. The van der Waals surface area contributed by atoms with E-state index in [1.54, 1.807) is 17.9 Å². The van der Waals surface area contributed by atoms with Crippen molar-refractivity contribution in [3.05, 3.63) is 34.5 Å². The molecule has 20 heavy (non-hydrogen) atoms. The number of sulfonamides is 1. The molecule has 0 unspecified atom stereocenters. The normalized spacial score (nSPS) is 11.7. The Morgan fingerprint density at radius 1 is 1.55 bits per heavy atom. The molecule has 0 bridgehead atoms. The van der Waals surface area contributed by atoms with E-state index in [-0.39, 0.29) is 16.3 Å². The number of hydrogen-bond donors (Lipinski definition) is 2. The molecule has 0 spiro atoms. The fourth-order valence-corrected chi connectivity index (χ4v) is 3.74. The molecule has 0 aliphatic heterocycles. The highest BCUT2D eigenvalue weighted by Crippen LogP contribution is 2.20. The summed E-state index contributed by atoms with van der Waals surface area (Å²) >= 11 is 0.877. The number of thiophene rings is 1. The van der Waals surface area contributed by atoms with E-state index in [0.717, 1.165) is 28.7 Å². The highest BCUT2D eigenvalue weighted by Gasteiger charge is 2.19. The Hall–Kier alpha value is -1.71. The number of hydrogen-bond acceptors (Lipinski definition) is 5. The maximum atomic E-state index is 12.0. The molecule has 9 heteroatoms. The zero-order valence-electron chi connectivity index (χ0n) is 10.8. The molecule has 2 aromatic heterocycles. The summed E-state index contributed by atoms with van der Waals surface area (Å²) in [5.74, 6) is -1.15. The number of aromatic nitrogens is 2. The van der Waals surface area contributed by atoms with E-state index >= 15 is 0 Å². The number of carboxylic acid groups (broad SMARTS) is 1. The Morgan fingerprint density at radius 2 is 2.25 bits per heavy atom. The van der Waals surface area contributed by atoms with Gasteiger partial charge in [-0.15, -0.1) is 11.3 Å².